The third kappa shape index (κ3) is 3.33. The van der Waals surface area contributed by atoms with Crippen molar-refractivity contribution in [3.63, 3.8) is 0 Å². The van der Waals surface area contributed by atoms with Crippen LogP contribution in [-0.4, -0.2) is 29.3 Å². The van der Waals surface area contributed by atoms with Gasteiger partial charge in [-0.15, -0.1) is 0 Å². The van der Waals surface area contributed by atoms with Crippen molar-refractivity contribution in [2.24, 2.45) is 5.41 Å². The number of anilines is 2. The molecule has 0 bridgehead atoms. The van der Waals surface area contributed by atoms with E-state index in [1.165, 1.54) is 0 Å². The number of benzene rings is 2. The lowest BCUT2D eigenvalue weighted by Crippen LogP contribution is -2.42. The van der Waals surface area contributed by atoms with Gasteiger partial charge in [0.2, 0.25) is 0 Å². The molecule has 0 aromatic heterocycles. The van der Waals surface area contributed by atoms with Crippen LogP contribution in [0.4, 0.5) is 16.2 Å². The summed E-state index contributed by atoms with van der Waals surface area (Å²) in [5.41, 5.74) is 3.61. The molecule has 0 radical (unpaired) electrons. The second kappa shape index (κ2) is 6.51. The van der Waals surface area contributed by atoms with Crippen LogP contribution in [0.2, 0.25) is 0 Å². The number of carbonyl (C=O) groups excluding carboxylic acids is 1. The third-order valence-corrected chi connectivity index (χ3v) is 5.88. The average Bonchev–Trinajstić information content (AvgIpc) is 2.92. The van der Waals surface area contributed by atoms with E-state index >= 15 is 0 Å². The van der Waals surface area contributed by atoms with Gasteiger partial charge in [0.05, 0.1) is 17.1 Å². The molecule has 2 aromatic carbocycles. The minimum atomic E-state index is -0.916. The Morgan fingerprint density at radius 1 is 1.17 bits per heavy atom. The fraction of sp³-hybridized carbons (Fsp3) is 0.391. The summed E-state index contributed by atoms with van der Waals surface area (Å²) in [6, 6.07) is 13.2. The summed E-state index contributed by atoms with van der Waals surface area (Å²) in [7, 11) is 0. The number of nitrogens with one attached hydrogen (secondary N) is 1. The maximum Gasteiger partial charge on any atom is 0.414 e. The lowest BCUT2D eigenvalue weighted by molar-refractivity contribution is 0.0696. The highest BCUT2D eigenvalue weighted by molar-refractivity contribution is 5.91. The number of cyclic esters (lactones) is 1. The summed E-state index contributed by atoms with van der Waals surface area (Å²) in [6.07, 6.45) is 0.428. The van der Waals surface area contributed by atoms with E-state index in [9.17, 15) is 14.7 Å². The minimum Gasteiger partial charge on any atom is -0.478 e. The van der Waals surface area contributed by atoms with Crippen molar-refractivity contribution in [2.45, 2.75) is 45.7 Å². The largest absolute Gasteiger partial charge is 0.478 e. The van der Waals surface area contributed by atoms with Gasteiger partial charge in [-0.05, 0) is 67.1 Å². The Morgan fingerprint density at radius 2 is 1.93 bits per heavy atom. The lowest BCUT2D eigenvalue weighted by atomic mass is 9.72. The first-order valence-electron chi connectivity index (χ1n) is 9.78. The zero-order chi connectivity index (χ0) is 21.0. The van der Waals surface area contributed by atoms with Crippen molar-refractivity contribution in [1.82, 2.24) is 0 Å². The van der Waals surface area contributed by atoms with Gasteiger partial charge in [0.1, 0.15) is 6.61 Å². The summed E-state index contributed by atoms with van der Waals surface area (Å²) >= 11 is 0. The number of carboxylic acids is 1. The van der Waals surface area contributed by atoms with Crippen LogP contribution in [0.25, 0.3) is 0 Å². The molecule has 2 N–H and O–H groups in total. The summed E-state index contributed by atoms with van der Waals surface area (Å²) in [6.45, 7) is 8.68. The first-order valence-corrected chi connectivity index (χ1v) is 9.78. The van der Waals surface area contributed by atoms with Gasteiger partial charge in [-0.1, -0.05) is 26.0 Å². The molecule has 1 fully saturated rings. The van der Waals surface area contributed by atoms with Crippen molar-refractivity contribution in [2.75, 3.05) is 16.8 Å². The fourth-order valence-corrected chi connectivity index (χ4v) is 4.41. The number of carboxylic acid groups (broad SMARTS) is 1. The molecular weight excluding hydrogens is 368 g/mol. The summed E-state index contributed by atoms with van der Waals surface area (Å²) in [5, 5.41) is 12.9. The lowest BCUT2D eigenvalue weighted by Gasteiger charge is -2.41. The van der Waals surface area contributed by atoms with Crippen LogP contribution in [0.3, 0.4) is 0 Å². The standard InChI is InChI=1S/C23H26N2O4/c1-22(2)12-16-10-15(20(26)27)8-9-18(16)24-19(22)14-6-5-7-17(11-14)25-21(28)29-13-23(25,3)4/h5-11,19,24H,12-13H2,1-4H3,(H,26,27). The van der Waals surface area contributed by atoms with E-state index in [2.05, 4.69) is 25.2 Å². The van der Waals surface area contributed by atoms with E-state index in [-0.39, 0.29) is 17.6 Å². The number of hydrogen-bond donors (Lipinski definition) is 2. The zero-order valence-electron chi connectivity index (χ0n) is 17.2. The maximum absolute atomic E-state index is 12.3. The van der Waals surface area contributed by atoms with Crippen molar-refractivity contribution < 1.29 is 19.4 Å². The topological polar surface area (TPSA) is 78.9 Å². The zero-order valence-corrected chi connectivity index (χ0v) is 17.2. The fourth-order valence-electron chi connectivity index (χ4n) is 4.41. The minimum absolute atomic E-state index is 0.0207. The van der Waals surface area contributed by atoms with Crippen LogP contribution in [0.15, 0.2) is 42.5 Å². The molecule has 0 spiro atoms. The Kier molecular flexibility index (Phi) is 4.33. The number of ether oxygens (including phenoxy) is 1. The van der Waals surface area contributed by atoms with Gasteiger partial charge in [-0.3, -0.25) is 4.90 Å². The van der Waals surface area contributed by atoms with E-state index in [1.54, 1.807) is 17.0 Å². The molecule has 1 amide bonds. The molecular formula is C23H26N2O4. The molecule has 1 saturated heterocycles. The smallest absolute Gasteiger partial charge is 0.414 e. The molecule has 29 heavy (non-hydrogen) atoms. The Bertz CT molecular complexity index is 996. The van der Waals surface area contributed by atoms with Crippen LogP contribution in [-0.2, 0) is 11.2 Å². The van der Waals surface area contributed by atoms with E-state index in [4.69, 9.17) is 4.74 Å². The highest BCUT2D eigenvalue weighted by atomic mass is 16.6. The van der Waals surface area contributed by atoms with Crippen molar-refractivity contribution in [3.8, 4) is 0 Å². The molecule has 0 saturated carbocycles. The molecule has 6 nitrogen and oxygen atoms in total. The molecule has 1 atom stereocenters. The maximum atomic E-state index is 12.3. The van der Waals surface area contributed by atoms with E-state index in [0.717, 1.165) is 28.9 Å². The van der Waals surface area contributed by atoms with Crippen molar-refractivity contribution >= 4 is 23.4 Å². The van der Waals surface area contributed by atoms with E-state index in [1.807, 2.05) is 38.1 Å². The molecule has 0 aliphatic carbocycles. The van der Waals surface area contributed by atoms with Crippen LogP contribution < -0.4 is 10.2 Å². The Labute approximate surface area is 170 Å². The number of carbonyl (C=O) groups is 2. The SMILES string of the molecule is CC1(C)Cc2cc(C(=O)O)ccc2NC1c1cccc(N2C(=O)OCC2(C)C)c1. The predicted molar refractivity (Wildman–Crippen MR) is 112 cm³/mol. The molecule has 2 heterocycles. The molecule has 2 aliphatic heterocycles. The highest BCUT2D eigenvalue weighted by Gasteiger charge is 2.42. The van der Waals surface area contributed by atoms with Crippen LogP contribution in [0.1, 0.15) is 55.2 Å². The number of rotatable bonds is 3. The number of aromatic carboxylic acids is 1. The Morgan fingerprint density at radius 3 is 2.59 bits per heavy atom. The quantitative estimate of drug-likeness (QED) is 0.778. The molecule has 1 unspecified atom stereocenters. The van der Waals surface area contributed by atoms with Gasteiger partial charge in [0, 0.05) is 11.4 Å². The molecule has 4 rings (SSSR count). The Hall–Kier alpha value is -3.02. The number of hydrogen-bond acceptors (Lipinski definition) is 4. The number of nitrogens with zero attached hydrogens (tertiary/aromatic N) is 1. The normalized spacial score (nSPS) is 21.9. The highest BCUT2D eigenvalue weighted by Crippen LogP contribution is 2.46. The first-order chi connectivity index (χ1) is 13.6. The van der Waals surface area contributed by atoms with Gasteiger partial charge >= 0.3 is 12.1 Å². The molecule has 152 valence electrons. The van der Waals surface area contributed by atoms with E-state index in [0.29, 0.717) is 12.2 Å². The second-order valence-electron chi connectivity index (χ2n) is 9.22. The second-order valence-corrected chi connectivity index (χ2v) is 9.22. The van der Waals surface area contributed by atoms with Crippen molar-refractivity contribution in [1.29, 1.82) is 0 Å². The molecule has 2 aliphatic rings. The van der Waals surface area contributed by atoms with Gasteiger partial charge in [0.25, 0.3) is 0 Å². The summed E-state index contributed by atoms with van der Waals surface area (Å²) in [4.78, 5) is 25.3. The van der Waals surface area contributed by atoms with Gasteiger partial charge in [-0.25, -0.2) is 9.59 Å². The third-order valence-electron chi connectivity index (χ3n) is 5.88. The van der Waals surface area contributed by atoms with Crippen LogP contribution in [0.5, 0.6) is 0 Å². The number of amides is 1. The predicted octanol–water partition coefficient (Wildman–Crippen LogP) is 4.86. The van der Waals surface area contributed by atoms with Gasteiger partial charge < -0.3 is 15.2 Å². The van der Waals surface area contributed by atoms with Gasteiger partial charge in [0.15, 0.2) is 0 Å². The molecule has 6 heteroatoms. The summed E-state index contributed by atoms with van der Waals surface area (Å²) in [5.74, 6) is -0.916. The van der Waals surface area contributed by atoms with Crippen LogP contribution >= 0.6 is 0 Å². The first kappa shape index (κ1) is 19.3. The molecule has 2 aromatic rings. The van der Waals surface area contributed by atoms with Gasteiger partial charge in [-0.2, -0.15) is 0 Å². The van der Waals surface area contributed by atoms with Crippen LogP contribution in [0, 0.1) is 5.41 Å². The van der Waals surface area contributed by atoms with Crippen molar-refractivity contribution in [3.05, 3.63) is 59.2 Å². The summed E-state index contributed by atoms with van der Waals surface area (Å²) < 4.78 is 5.26. The monoisotopic (exact) mass is 394 g/mol. The average molecular weight is 394 g/mol. The van der Waals surface area contributed by atoms with E-state index < -0.39 is 11.5 Å². The Balaban J connectivity index is 1.70. The number of fused-ring (bicyclic) bond motifs is 1.